The van der Waals surface area contributed by atoms with Crippen LogP contribution in [0.15, 0.2) is 36.5 Å². The average molecular weight is 291 g/mol. The van der Waals surface area contributed by atoms with Gasteiger partial charge in [0.1, 0.15) is 0 Å². The largest absolute Gasteiger partial charge is 0.478 e. The van der Waals surface area contributed by atoms with E-state index in [1.807, 2.05) is 0 Å². The number of carbonyl (C=O) groups excluding carboxylic acids is 1. The number of aryl methyl sites for hydroxylation is 1. The van der Waals surface area contributed by atoms with E-state index in [0.717, 1.165) is 0 Å². The van der Waals surface area contributed by atoms with Crippen LogP contribution >= 0.6 is 11.6 Å². The smallest absolute Gasteiger partial charge is 0.337 e. The molecular formula is C14H11ClN2O3. The summed E-state index contributed by atoms with van der Waals surface area (Å²) in [5.74, 6) is -1.55. The molecule has 1 heterocycles. The number of pyridine rings is 1. The molecule has 0 aliphatic rings. The number of benzene rings is 1. The summed E-state index contributed by atoms with van der Waals surface area (Å²) in [6.07, 6.45) is 1.51. The molecule has 102 valence electrons. The standard InChI is InChI=1S/C14H11ClN2O3/c1-8-6-9(4-5-16-8)13(18)17-12-7-10(15)2-3-11(12)14(19)20/h2-7H,1H3,(H,17,18)(H,19,20). The SMILES string of the molecule is Cc1cc(C(=O)Nc2cc(Cl)ccc2C(=O)O)ccn1. The highest BCUT2D eigenvalue weighted by atomic mass is 35.5. The molecule has 0 saturated heterocycles. The van der Waals surface area contributed by atoms with Crippen LogP contribution < -0.4 is 5.32 Å². The van der Waals surface area contributed by atoms with Gasteiger partial charge in [-0.15, -0.1) is 0 Å². The van der Waals surface area contributed by atoms with Crippen molar-refractivity contribution < 1.29 is 14.7 Å². The Bertz CT molecular complexity index is 686. The van der Waals surface area contributed by atoms with E-state index in [4.69, 9.17) is 16.7 Å². The van der Waals surface area contributed by atoms with Crippen LogP contribution in [0.5, 0.6) is 0 Å². The van der Waals surface area contributed by atoms with Crippen LogP contribution in [0.4, 0.5) is 5.69 Å². The van der Waals surface area contributed by atoms with Crippen LogP contribution in [0.2, 0.25) is 5.02 Å². The number of aromatic carboxylic acids is 1. The fraction of sp³-hybridized carbons (Fsp3) is 0.0714. The van der Waals surface area contributed by atoms with E-state index >= 15 is 0 Å². The summed E-state index contributed by atoms with van der Waals surface area (Å²) in [7, 11) is 0. The van der Waals surface area contributed by atoms with E-state index < -0.39 is 11.9 Å². The molecule has 2 aromatic rings. The van der Waals surface area contributed by atoms with Crippen molar-refractivity contribution in [1.29, 1.82) is 0 Å². The normalized spacial score (nSPS) is 10.1. The number of anilines is 1. The number of aromatic nitrogens is 1. The number of carboxylic acid groups (broad SMARTS) is 1. The summed E-state index contributed by atoms with van der Waals surface area (Å²) in [6.45, 7) is 1.76. The van der Waals surface area contributed by atoms with E-state index in [9.17, 15) is 9.59 Å². The number of hydrogen-bond acceptors (Lipinski definition) is 3. The van der Waals surface area contributed by atoms with Crippen LogP contribution in [0.25, 0.3) is 0 Å². The summed E-state index contributed by atoms with van der Waals surface area (Å²) in [5.41, 5.74) is 1.23. The number of halogens is 1. The number of carboxylic acids is 1. The van der Waals surface area contributed by atoms with Crippen LogP contribution in [0.3, 0.4) is 0 Å². The first-order valence-corrected chi connectivity index (χ1v) is 6.12. The molecule has 0 spiro atoms. The Kier molecular flexibility index (Phi) is 4.00. The third-order valence-electron chi connectivity index (χ3n) is 2.62. The Morgan fingerprint density at radius 2 is 2.00 bits per heavy atom. The lowest BCUT2D eigenvalue weighted by atomic mass is 10.1. The van der Waals surface area contributed by atoms with Crippen LogP contribution in [-0.2, 0) is 0 Å². The van der Waals surface area contributed by atoms with Crippen molar-refractivity contribution in [3.8, 4) is 0 Å². The Morgan fingerprint density at radius 1 is 1.25 bits per heavy atom. The first kappa shape index (κ1) is 14.0. The third-order valence-corrected chi connectivity index (χ3v) is 2.85. The fourth-order valence-corrected chi connectivity index (χ4v) is 1.86. The summed E-state index contributed by atoms with van der Waals surface area (Å²) in [5, 5.41) is 12.0. The highest BCUT2D eigenvalue weighted by Gasteiger charge is 2.14. The zero-order chi connectivity index (χ0) is 14.7. The minimum absolute atomic E-state index is 0.0199. The highest BCUT2D eigenvalue weighted by Crippen LogP contribution is 2.22. The van der Waals surface area contributed by atoms with Crippen molar-refractivity contribution in [2.45, 2.75) is 6.92 Å². The quantitative estimate of drug-likeness (QED) is 0.911. The maximum Gasteiger partial charge on any atom is 0.337 e. The zero-order valence-electron chi connectivity index (χ0n) is 10.6. The molecule has 5 nitrogen and oxygen atoms in total. The second kappa shape index (κ2) is 5.71. The molecule has 1 aromatic heterocycles. The predicted molar refractivity (Wildman–Crippen MR) is 75.3 cm³/mol. The van der Waals surface area contributed by atoms with Crippen molar-refractivity contribution >= 4 is 29.2 Å². The fourth-order valence-electron chi connectivity index (χ4n) is 1.69. The van der Waals surface area contributed by atoms with Crippen LogP contribution in [0, 0.1) is 6.92 Å². The van der Waals surface area contributed by atoms with Gasteiger partial charge in [0, 0.05) is 22.5 Å². The van der Waals surface area contributed by atoms with Crippen molar-refractivity contribution in [2.75, 3.05) is 5.32 Å². The van der Waals surface area contributed by atoms with E-state index in [-0.39, 0.29) is 11.3 Å². The predicted octanol–water partition coefficient (Wildman–Crippen LogP) is 2.99. The number of carbonyl (C=O) groups is 2. The molecule has 20 heavy (non-hydrogen) atoms. The molecule has 1 amide bonds. The minimum Gasteiger partial charge on any atom is -0.478 e. The highest BCUT2D eigenvalue weighted by molar-refractivity contribution is 6.31. The molecule has 0 bridgehead atoms. The summed E-state index contributed by atoms with van der Waals surface area (Å²) >= 11 is 5.82. The molecule has 0 aliphatic carbocycles. The van der Waals surface area contributed by atoms with Gasteiger partial charge >= 0.3 is 5.97 Å². The Labute approximate surface area is 120 Å². The molecule has 0 radical (unpaired) electrons. The van der Waals surface area contributed by atoms with Gasteiger partial charge in [0.15, 0.2) is 0 Å². The molecule has 0 atom stereocenters. The summed E-state index contributed by atoms with van der Waals surface area (Å²) in [4.78, 5) is 27.2. The van der Waals surface area contributed by atoms with Crippen LogP contribution in [0.1, 0.15) is 26.4 Å². The van der Waals surface area contributed by atoms with Crippen molar-refractivity contribution in [3.05, 3.63) is 58.4 Å². The lowest BCUT2D eigenvalue weighted by Crippen LogP contribution is -2.15. The van der Waals surface area contributed by atoms with Gasteiger partial charge in [-0.3, -0.25) is 9.78 Å². The first-order chi connectivity index (χ1) is 9.47. The van der Waals surface area contributed by atoms with Crippen molar-refractivity contribution in [1.82, 2.24) is 4.98 Å². The van der Waals surface area contributed by atoms with Gasteiger partial charge in [0.2, 0.25) is 0 Å². The van der Waals surface area contributed by atoms with Gasteiger partial charge < -0.3 is 10.4 Å². The number of rotatable bonds is 3. The Balaban J connectivity index is 2.32. The molecule has 0 fully saturated rings. The number of nitrogens with zero attached hydrogens (tertiary/aromatic N) is 1. The first-order valence-electron chi connectivity index (χ1n) is 5.74. The Morgan fingerprint density at radius 3 is 2.65 bits per heavy atom. The molecule has 0 unspecified atom stereocenters. The van der Waals surface area contributed by atoms with E-state index in [2.05, 4.69) is 10.3 Å². The zero-order valence-corrected chi connectivity index (χ0v) is 11.3. The Hall–Kier alpha value is -2.40. The van der Waals surface area contributed by atoms with E-state index in [0.29, 0.717) is 16.3 Å². The van der Waals surface area contributed by atoms with E-state index in [1.165, 1.54) is 24.4 Å². The second-order valence-corrected chi connectivity index (χ2v) is 4.57. The monoisotopic (exact) mass is 290 g/mol. The average Bonchev–Trinajstić information content (AvgIpc) is 2.38. The molecular weight excluding hydrogens is 280 g/mol. The number of hydrogen-bond donors (Lipinski definition) is 2. The third kappa shape index (κ3) is 3.13. The summed E-state index contributed by atoms with van der Waals surface area (Å²) in [6, 6.07) is 7.36. The number of amides is 1. The van der Waals surface area contributed by atoms with Crippen molar-refractivity contribution in [2.24, 2.45) is 0 Å². The maximum atomic E-state index is 12.1. The molecule has 2 N–H and O–H groups in total. The molecule has 1 aromatic carbocycles. The molecule has 2 rings (SSSR count). The minimum atomic E-state index is -1.14. The van der Waals surface area contributed by atoms with Crippen molar-refractivity contribution in [3.63, 3.8) is 0 Å². The van der Waals surface area contributed by atoms with Gasteiger partial charge in [-0.05, 0) is 37.3 Å². The van der Waals surface area contributed by atoms with Gasteiger partial charge in [-0.2, -0.15) is 0 Å². The lowest BCUT2D eigenvalue weighted by molar-refractivity contribution is 0.0698. The van der Waals surface area contributed by atoms with Gasteiger partial charge in [0.05, 0.1) is 11.3 Å². The second-order valence-electron chi connectivity index (χ2n) is 4.14. The molecule has 6 heteroatoms. The van der Waals surface area contributed by atoms with Crippen LogP contribution in [-0.4, -0.2) is 22.0 Å². The molecule has 0 aliphatic heterocycles. The molecule has 0 saturated carbocycles. The summed E-state index contributed by atoms with van der Waals surface area (Å²) < 4.78 is 0. The maximum absolute atomic E-state index is 12.1. The topological polar surface area (TPSA) is 79.3 Å². The van der Waals surface area contributed by atoms with Gasteiger partial charge in [-0.25, -0.2) is 4.79 Å². The number of nitrogens with one attached hydrogen (secondary N) is 1. The lowest BCUT2D eigenvalue weighted by Gasteiger charge is -2.09. The van der Waals surface area contributed by atoms with Gasteiger partial charge in [-0.1, -0.05) is 11.6 Å². The van der Waals surface area contributed by atoms with E-state index in [1.54, 1.807) is 19.1 Å². The van der Waals surface area contributed by atoms with Gasteiger partial charge in [0.25, 0.3) is 5.91 Å².